The van der Waals surface area contributed by atoms with Crippen molar-refractivity contribution < 1.29 is 0 Å². The Hall–Kier alpha value is -0.0200. The van der Waals surface area contributed by atoms with Gasteiger partial charge in [-0.15, -0.1) is 22.9 Å². The topological polar surface area (TPSA) is 0 Å². The maximum absolute atomic E-state index is 6.35. The lowest BCUT2D eigenvalue weighted by atomic mass is 10.1. The van der Waals surface area contributed by atoms with Gasteiger partial charge in [-0.25, -0.2) is 0 Å². The lowest BCUT2D eigenvalue weighted by molar-refractivity contribution is 0.925. The molecule has 0 aliphatic carbocycles. The summed E-state index contributed by atoms with van der Waals surface area (Å²) in [7, 11) is 0. The highest BCUT2D eigenvalue weighted by Crippen LogP contribution is 2.31. The number of benzene rings is 1. The first-order valence-electron chi connectivity index (χ1n) is 4.77. The van der Waals surface area contributed by atoms with Crippen molar-refractivity contribution in [3.63, 3.8) is 0 Å². The van der Waals surface area contributed by atoms with Gasteiger partial charge in [-0.3, -0.25) is 0 Å². The third-order valence-corrected chi connectivity index (χ3v) is 4.46. The summed E-state index contributed by atoms with van der Waals surface area (Å²) in [5, 5.41) is 2.86. The summed E-state index contributed by atoms with van der Waals surface area (Å²) in [6.45, 7) is 0. The molecule has 0 nitrogen and oxygen atoms in total. The van der Waals surface area contributed by atoms with Crippen LogP contribution in [0.15, 0.2) is 39.5 Å². The van der Waals surface area contributed by atoms with E-state index in [4.69, 9.17) is 23.2 Å². The number of thiophene rings is 1. The zero-order valence-electron chi connectivity index (χ0n) is 8.29. The molecule has 0 aliphatic heterocycles. The first-order chi connectivity index (χ1) is 7.65. The first kappa shape index (κ1) is 12.4. The predicted octanol–water partition coefficient (Wildman–Crippen LogP) is 5.69. The summed E-state index contributed by atoms with van der Waals surface area (Å²) in [5.74, 6) is 0. The Morgan fingerprint density at radius 3 is 2.50 bits per heavy atom. The monoisotopic (exact) mass is 334 g/mol. The molecule has 1 atom stereocenters. The van der Waals surface area contributed by atoms with Gasteiger partial charge in [0.2, 0.25) is 0 Å². The van der Waals surface area contributed by atoms with Crippen LogP contribution in [0.25, 0.3) is 0 Å². The van der Waals surface area contributed by atoms with Crippen molar-refractivity contribution in [3.8, 4) is 0 Å². The van der Waals surface area contributed by atoms with E-state index < -0.39 is 0 Å². The van der Waals surface area contributed by atoms with Crippen LogP contribution in [0.3, 0.4) is 0 Å². The Labute approximate surface area is 117 Å². The van der Waals surface area contributed by atoms with Gasteiger partial charge in [-0.1, -0.05) is 23.7 Å². The molecule has 4 heteroatoms. The lowest BCUT2D eigenvalue weighted by Crippen LogP contribution is -1.93. The highest BCUT2D eigenvalue weighted by molar-refractivity contribution is 9.11. The fraction of sp³-hybridized carbons (Fsp3) is 0.167. The Kier molecular flexibility index (Phi) is 4.31. The standard InChI is InChI=1S/C12H9BrCl2S/c13-12-6-9(7-16-12)11(15)5-8-1-3-10(14)4-2-8/h1-4,6-7,11H,5H2. The Morgan fingerprint density at radius 1 is 1.25 bits per heavy atom. The molecule has 0 N–H and O–H groups in total. The normalized spacial score (nSPS) is 12.7. The molecule has 0 spiro atoms. The first-order valence-corrected chi connectivity index (χ1v) is 7.26. The van der Waals surface area contributed by atoms with Crippen molar-refractivity contribution >= 4 is 50.5 Å². The molecular formula is C12H9BrCl2S. The highest BCUT2D eigenvalue weighted by atomic mass is 79.9. The van der Waals surface area contributed by atoms with Crippen LogP contribution >= 0.6 is 50.5 Å². The second-order valence-corrected chi connectivity index (χ2v) is 6.74. The average molecular weight is 336 g/mol. The molecule has 0 radical (unpaired) electrons. The van der Waals surface area contributed by atoms with Crippen molar-refractivity contribution in [1.29, 1.82) is 0 Å². The Bertz CT molecular complexity index is 464. The second kappa shape index (κ2) is 5.54. The van der Waals surface area contributed by atoms with Crippen molar-refractivity contribution in [2.75, 3.05) is 0 Å². The summed E-state index contributed by atoms with van der Waals surface area (Å²) >= 11 is 17.3. The average Bonchev–Trinajstić information content (AvgIpc) is 2.68. The van der Waals surface area contributed by atoms with E-state index in [-0.39, 0.29) is 5.38 Å². The number of hydrogen-bond donors (Lipinski definition) is 0. The van der Waals surface area contributed by atoms with E-state index in [1.165, 1.54) is 5.56 Å². The van der Waals surface area contributed by atoms with Crippen LogP contribution in [0.5, 0.6) is 0 Å². The highest BCUT2D eigenvalue weighted by Gasteiger charge is 2.10. The van der Waals surface area contributed by atoms with Crippen molar-refractivity contribution in [2.45, 2.75) is 11.8 Å². The van der Waals surface area contributed by atoms with Crippen LogP contribution in [-0.4, -0.2) is 0 Å². The fourth-order valence-electron chi connectivity index (χ4n) is 1.43. The molecule has 0 fully saturated rings. The van der Waals surface area contributed by atoms with E-state index in [0.29, 0.717) is 0 Å². The van der Waals surface area contributed by atoms with Crippen molar-refractivity contribution in [3.05, 3.63) is 55.6 Å². The SMILES string of the molecule is Clc1ccc(CC(Cl)c2csc(Br)c2)cc1. The number of hydrogen-bond acceptors (Lipinski definition) is 1. The van der Waals surface area contributed by atoms with Gasteiger partial charge < -0.3 is 0 Å². The maximum Gasteiger partial charge on any atom is 0.0701 e. The van der Waals surface area contributed by atoms with Crippen molar-refractivity contribution in [1.82, 2.24) is 0 Å². The molecule has 1 aromatic heterocycles. The van der Waals surface area contributed by atoms with Gasteiger partial charge in [-0.05, 0) is 57.1 Å². The van der Waals surface area contributed by atoms with Crippen LogP contribution in [0, 0.1) is 0 Å². The molecule has 1 aromatic carbocycles. The van der Waals surface area contributed by atoms with Gasteiger partial charge in [0.05, 0.1) is 9.16 Å². The molecule has 0 amide bonds. The number of alkyl halides is 1. The van der Waals surface area contributed by atoms with Gasteiger partial charge in [0.15, 0.2) is 0 Å². The molecule has 0 saturated heterocycles. The number of rotatable bonds is 3. The molecular weight excluding hydrogens is 327 g/mol. The van der Waals surface area contributed by atoms with Crippen LogP contribution in [0.2, 0.25) is 5.02 Å². The summed E-state index contributed by atoms with van der Waals surface area (Å²) in [6, 6.07) is 9.88. The Morgan fingerprint density at radius 2 is 1.94 bits per heavy atom. The molecule has 0 saturated carbocycles. The van der Waals surface area contributed by atoms with E-state index in [1.54, 1.807) is 11.3 Å². The van der Waals surface area contributed by atoms with Crippen molar-refractivity contribution in [2.24, 2.45) is 0 Å². The number of halogens is 3. The van der Waals surface area contributed by atoms with E-state index in [2.05, 4.69) is 27.4 Å². The fourth-order valence-corrected chi connectivity index (χ4v) is 3.17. The van der Waals surface area contributed by atoms with Crippen LogP contribution in [-0.2, 0) is 6.42 Å². The summed E-state index contributed by atoms with van der Waals surface area (Å²) in [4.78, 5) is 0. The van der Waals surface area contributed by atoms with Crippen LogP contribution in [0.4, 0.5) is 0 Å². The molecule has 0 aliphatic rings. The summed E-state index contributed by atoms with van der Waals surface area (Å²) in [5.41, 5.74) is 2.36. The molecule has 2 aromatic rings. The van der Waals surface area contributed by atoms with E-state index in [1.807, 2.05) is 24.3 Å². The van der Waals surface area contributed by atoms with Crippen LogP contribution < -0.4 is 0 Å². The molecule has 1 heterocycles. The van der Waals surface area contributed by atoms with Gasteiger partial charge in [0, 0.05) is 5.02 Å². The molecule has 84 valence electrons. The van der Waals surface area contributed by atoms with Gasteiger partial charge >= 0.3 is 0 Å². The van der Waals surface area contributed by atoms with E-state index in [9.17, 15) is 0 Å². The smallest absolute Gasteiger partial charge is 0.0701 e. The molecule has 2 rings (SSSR count). The minimum absolute atomic E-state index is 0.0173. The van der Waals surface area contributed by atoms with Gasteiger partial charge in [0.1, 0.15) is 0 Å². The predicted molar refractivity (Wildman–Crippen MR) is 75.8 cm³/mol. The second-order valence-electron chi connectivity index (χ2n) is 3.48. The van der Waals surface area contributed by atoms with Gasteiger partial charge in [0.25, 0.3) is 0 Å². The molecule has 1 unspecified atom stereocenters. The lowest BCUT2D eigenvalue weighted by Gasteiger charge is -2.07. The Balaban J connectivity index is 2.07. The van der Waals surface area contributed by atoms with Crippen LogP contribution in [0.1, 0.15) is 16.5 Å². The third-order valence-electron chi connectivity index (χ3n) is 2.28. The molecule has 0 bridgehead atoms. The van der Waals surface area contributed by atoms with E-state index in [0.717, 1.165) is 20.8 Å². The summed E-state index contributed by atoms with van der Waals surface area (Å²) in [6.07, 6.45) is 0.821. The molecule has 16 heavy (non-hydrogen) atoms. The zero-order chi connectivity index (χ0) is 11.5. The van der Waals surface area contributed by atoms with Gasteiger partial charge in [-0.2, -0.15) is 0 Å². The largest absolute Gasteiger partial charge is 0.136 e. The minimum atomic E-state index is 0.0173. The zero-order valence-corrected chi connectivity index (χ0v) is 12.2. The summed E-state index contributed by atoms with van der Waals surface area (Å²) < 4.78 is 1.12. The maximum atomic E-state index is 6.35. The third kappa shape index (κ3) is 3.24. The minimum Gasteiger partial charge on any atom is -0.136 e. The van der Waals surface area contributed by atoms with E-state index >= 15 is 0 Å². The quantitative estimate of drug-likeness (QED) is 0.632.